The van der Waals surface area contributed by atoms with Crippen LogP contribution in [0.4, 0.5) is 16.2 Å². The zero-order chi connectivity index (χ0) is 22.9. The van der Waals surface area contributed by atoms with Gasteiger partial charge in [0.25, 0.3) is 0 Å². The van der Waals surface area contributed by atoms with Gasteiger partial charge < -0.3 is 24.8 Å². The molecule has 1 fully saturated rings. The Labute approximate surface area is 192 Å². The van der Waals surface area contributed by atoms with E-state index in [4.69, 9.17) is 4.74 Å². The fourth-order valence-electron chi connectivity index (χ4n) is 3.85. The second kappa shape index (κ2) is 11.7. The van der Waals surface area contributed by atoms with Gasteiger partial charge in [-0.25, -0.2) is 4.79 Å². The molecule has 1 aliphatic rings. The molecule has 0 bridgehead atoms. The van der Waals surface area contributed by atoms with Gasteiger partial charge >= 0.3 is 6.03 Å². The fourth-order valence-corrected chi connectivity index (χ4v) is 3.85. The topological polar surface area (TPSA) is 51.3 Å². The normalized spacial score (nSPS) is 14.5. The molecule has 1 N–H and O–H groups in total. The third-order valence-corrected chi connectivity index (χ3v) is 5.94. The third kappa shape index (κ3) is 6.87. The van der Waals surface area contributed by atoms with Crippen molar-refractivity contribution in [3.8, 4) is 5.75 Å². The zero-order valence-electron chi connectivity index (χ0n) is 19.9. The number of likely N-dealkylation sites (N-methyl/N-ethyl adjacent to an activating group) is 2. The van der Waals surface area contributed by atoms with E-state index in [1.165, 1.54) is 5.56 Å². The van der Waals surface area contributed by atoms with E-state index in [2.05, 4.69) is 64.4 Å². The SMILES string of the molecule is COc1ccc(NC(=O)N2CCN(CCc3ccccc3)CC2)cc1N(C)CCN(C)C. The Bertz CT molecular complexity index is 851. The van der Waals surface area contributed by atoms with Crippen molar-refractivity contribution in [3.63, 3.8) is 0 Å². The summed E-state index contributed by atoms with van der Waals surface area (Å²) in [6.07, 6.45) is 1.04. The summed E-state index contributed by atoms with van der Waals surface area (Å²) in [4.78, 5) is 21.5. The molecule has 7 nitrogen and oxygen atoms in total. The van der Waals surface area contributed by atoms with E-state index in [-0.39, 0.29) is 6.03 Å². The van der Waals surface area contributed by atoms with Crippen LogP contribution >= 0.6 is 0 Å². The van der Waals surface area contributed by atoms with E-state index in [1.54, 1.807) is 7.11 Å². The maximum absolute atomic E-state index is 12.8. The van der Waals surface area contributed by atoms with Gasteiger partial charge in [-0.05, 0) is 44.3 Å². The highest BCUT2D eigenvalue weighted by atomic mass is 16.5. The smallest absolute Gasteiger partial charge is 0.321 e. The van der Waals surface area contributed by atoms with Gasteiger partial charge in [-0.1, -0.05) is 30.3 Å². The molecule has 2 amide bonds. The van der Waals surface area contributed by atoms with E-state index in [1.807, 2.05) is 30.1 Å². The maximum atomic E-state index is 12.8. The number of benzene rings is 2. The van der Waals surface area contributed by atoms with Crippen molar-refractivity contribution in [2.75, 3.05) is 84.3 Å². The number of nitrogens with zero attached hydrogens (tertiary/aromatic N) is 4. The molecule has 1 saturated heterocycles. The van der Waals surface area contributed by atoms with Gasteiger partial charge in [-0.2, -0.15) is 0 Å². The van der Waals surface area contributed by atoms with Crippen LogP contribution in [0.25, 0.3) is 0 Å². The average molecular weight is 440 g/mol. The quantitative estimate of drug-likeness (QED) is 0.651. The number of hydrogen-bond donors (Lipinski definition) is 1. The first-order chi connectivity index (χ1) is 15.5. The van der Waals surface area contributed by atoms with E-state index < -0.39 is 0 Å². The summed E-state index contributed by atoms with van der Waals surface area (Å²) >= 11 is 0. The molecule has 0 spiro atoms. The van der Waals surface area contributed by atoms with Crippen molar-refractivity contribution in [1.29, 1.82) is 0 Å². The summed E-state index contributed by atoms with van der Waals surface area (Å²) in [6.45, 7) is 6.12. The molecule has 0 aliphatic carbocycles. The van der Waals surface area contributed by atoms with E-state index in [0.29, 0.717) is 0 Å². The predicted octanol–water partition coefficient (Wildman–Crippen LogP) is 3.09. The summed E-state index contributed by atoms with van der Waals surface area (Å²) < 4.78 is 5.53. The number of carbonyl (C=O) groups excluding carboxylic acids is 1. The number of nitrogens with one attached hydrogen (secondary N) is 1. The lowest BCUT2D eigenvalue weighted by Gasteiger charge is -2.34. The standard InChI is InChI=1S/C25H37N5O2/c1-27(2)14-15-28(3)23-20-22(10-11-24(23)32-4)26-25(31)30-18-16-29(17-19-30)13-12-21-8-6-5-7-9-21/h5-11,20H,12-19H2,1-4H3,(H,26,31). The first kappa shape index (κ1) is 23.9. The van der Waals surface area contributed by atoms with Crippen molar-refractivity contribution >= 4 is 17.4 Å². The van der Waals surface area contributed by atoms with Crippen LogP contribution in [0.2, 0.25) is 0 Å². The first-order valence-corrected chi connectivity index (χ1v) is 11.3. The molecular weight excluding hydrogens is 402 g/mol. The molecule has 3 rings (SSSR count). The molecule has 0 aromatic heterocycles. The fraction of sp³-hybridized carbons (Fsp3) is 0.480. The van der Waals surface area contributed by atoms with Crippen LogP contribution in [-0.4, -0.2) is 94.8 Å². The van der Waals surface area contributed by atoms with Gasteiger partial charge in [-0.3, -0.25) is 4.90 Å². The van der Waals surface area contributed by atoms with Crippen LogP contribution in [0.15, 0.2) is 48.5 Å². The van der Waals surface area contributed by atoms with Gasteiger partial charge in [0.2, 0.25) is 0 Å². The highest BCUT2D eigenvalue weighted by Gasteiger charge is 2.21. The molecule has 1 aliphatic heterocycles. The lowest BCUT2D eigenvalue weighted by atomic mass is 10.1. The molecule has 0 radical (unpaired) electrons. The van der Waals surface area contributed by atoms with Gasteiger partial charge in [-0.15, -0.1) is 0 Å². The minimum Gasteiger partial charge on any atom is -0.495 e. The molecule has 0 saturated carbocycles. The van der Waals surface area contributed by atoms with Crippen molar-refractivity contribution in [2.24, 2.45) is 0 Å². The number of urea groups is 1. The highest BCUT2D eigenvalue weighted by Crippen LogP contribution is 2.30. The van der Waals surface area contributed by atoms with Crippen LogP contribution in [0.5, 0.6) is 5.75 Å². The number of ether oxygens (including phenoxy) is 1. The van der Waals surface area contributed by atoms with E-state index >= 15 is 0 Å². The molecule has 0 unspecified atom stereocenters. The number of piperazine rings is 1. The van der Waals surface area contributed by atoms with Crippen LogP contribution in [-0.2, 0) is 6.42 Å². The predicted molar refractivity (Wildman–Crippen MR) is 132 cm³/mol. The second-order valence-corrected chi connectivity index (χ2v) is 8.61. The number of rotatable bonds is 9. The average Bonchev–Trinajstić information content (AvgIpc) is 2.82. The number of anilines is 2. The van der Waals surface area contributed by atoms with E-state index in [0.717, 1.165) is 69.4 Å². The number of amides is 2. The van der Waals surface area contributed by atoms with Gasteiger partial charge in [0.1, 0.15) is 5.75 Å². The Kier molecular flexibility index (Phi) is 8.76. The molecular formula is C25H37N5O2. The Balaban J connectivity index is 1.51. The van der Waals surface area contributed by atoms with Crippen molar-refractivity contribution in [2.45, 2.75) is 6.42 Å². The van der Waals surface area contributed by atoms with Crippen LogP contribution < -0.4 is 15.0 Å². The first-order valence-electron chi connectivity index (χ1n) is 11.3. The molecule has 7 heteroatoms. The zero-order valence-corrected chi connectivity index (χ0v) is 19.9. The van der Waals surface area contributed by atoms with Crippen LogP contribution in [0.3, 0.4) is 0 Å². The number of carbonyl (C=O) groups is 1. The van der Waals surface area contributed by atoms with Crippen molar-refractivity contribution < 1.29 is 9.53 Å². The minimum atomic E-state index is -0.0419. The second-order valence-electron chi connectivity index (χ2n) is 8.61. The molecule has 1 heterocycles. The highest BCUT2D eigenvalue weighted by molar-refractivity contribution is 5.90. The lowest BCUT2D eigenvalue weighted by molar-refractivity contribution is 0.148. The van der Waals surface area contributed by atoms with Crippen LogP contribution in [0, 0.1) is 0 Å². The summed E-state index contributed by atoms with van der Waals surface area (Å²) in [5.74, 6) is 0.802. The Morgan fingerprint density at radius 3 is 2.38 bits per heavy atom. The van der Waals surface area contributed by atoms with Gasteiger partial charge in [0, 0.05) is 58.5 Å². The molecule has 0 atom stereocenters. The largest absolute Gasteiger partial charge is 0.495 e. The summed E-state index contributed by atoms with van der Waals surface area (Å²) in [5, 5.41) is 3.07. The molecule has 2 aromatic rings. The van der Waals surface area contributed by atoms with Crippen LogP contribution in [0.1, 0.15) is 5.56 Å². The van der Waals surface area contributed by atoms with E-state index in [9.17, 15) is 4.79 Å². The minimum absolute atomic E-state index is 0.0419. The Morgan fingerprint density at radius 1 is 1.00 bits per heavy atom. The van der Waals surface area contributed by atoms with Crippen molar-refractivity contribution in [3.05, 3.63) is 54.1 Å². The van der Waals surface area contributed by atoms with Gasteiger partial charge in [0.05, 0.1) is 12.8 Å². The number of methoxy groups -OCH3 is 1. The monoisotopic (exact) mass is 439 g/mol. The maximum Gasteiger partial charge on any atom is 0.321 e. The van der Waals surface area contributed by atoms with Gasteiger partial charge in [0.15, 0.2) is 0 Å². The number of hydrogen-bond acceptors (Lipinski definition) is 5. The molecule has 32 heavy (non-hydrogen) atoms. The van der Waals surface area contributed by atoms with Crippen molar-refractivity contribution in [1.82, 2.24) is 14.7 Å². The third-order valence-electron chi connectivity index (χ3n) is 5.94. The summed E-state index contributed by atoms with van der Waals surface area (Å²) in [5.41, 5.74) is 3.12. The Morgan fingerprint density at radius 2 is 1.72 bits per heavy atom. The molecule has 2 aromatic carbocycles. The Hall–Kier alpha value is -2.77. The molecule has 174 valence electrons. The summed E-state index contributed by atoms with van der Waals surface area (Å²) in [6, 6.07) is 16.3. The summed E-state index contributed by atoms with van der Waals surface area (Å²) in [7, 11) is 7.84. The lowest BCUT2D eigenvalue weighted by Crippen LogP contribution is -2.50.